The standard InChI is InChI=1S/C21H29N7/c1-14-19(16(3)27(6)25-14)12-23-21(22-5)24-13-20-15(2)26-28(17(20)4)18-10-8-7-9-11-18/h7-11H,12-13H2,1-6H3,(H2,22,23,24). The fraction of sp³-hybridized carbons (Fsp3) is 0.381. The summed E-state index contributed by atoms with van der Waals surface area (Å²) in [6.07, 6.45) is 0. The maximum absolute atomic E-state index is 4.71. The van der Waals surface area contributed by atoms with Crippen LogP contribution in [0.4, 0.5) is 0 Å². The topological polar surface area (TPSA) is 72.1 Å². The third kappa shape index (κ3) is 3.93. The van der Waals surface area contributed by atoms with Gasteiger partial charge in [0.05, 0.1) is 17.1 Å². The Labute approximate surface area is 166 Å². The maximum Gasteiger partial charge on any atom is 0.191 e. The highest BCUT2D eigenvalue weighted by Gasteiger charge is 2.14. The van der Waals surface area contributed by atoms with Crippen molar-refractivity contribution in [3.63, 3.8) is 0 Å². The van der Waals surface area contributed by atoms with E-state index in [1.165, 1.54) is 11.1 Å². The van der Waals surface area contributed by atoms with Gasteiger partial charge in [-0.05, 0) is 39.8 Å². The lowest BCUT2D eigenvalue weighted by Gasteiger charge is -2.13. The monoisotopic (exact) mass is 379 g/mol. The summed E-state index contributed by atoms with van der Waals surface area (Å²) in [5.74, 6) is 0.758. The smallest absolute Gasteiger partial charge is 0.191 e. The summed E-state index contributed by atoms with van der Waals surface area (Å²) in [4.78, 5) is 4.35. The van der Waals surface area contributed by atoms with E-state index < -0.39 is 0 Å². The number of aryl methyl sites for hydroxylation is 3. The maximum atomic E-state index is 4.71. The van der Waals surface area contributed by atoms with Crippen molar-refractivity contribution >= 4 is 5.96 Å². The summed E-state index contributed by atoms with van der Waals surface area (Å²) < 4.78 is 3.90. The van der Waals surface area contributed by atoms with Gasteiger partial charge in [0.1, 0.15) is 0 Å². The molecule has 0 bridgehead atoms. The van der Waals surface area contributed by atoms with Gasteiger partial charge in [-0.2, -0.15) is 10.2 Å². The number of hydrogen-bond donors (Lipinski definition) is 2. The van der Waals surface area contributed by atoms with E-state index in [2.05, 4.69) is 46.7 Å². The Balaban J connectivity index is 1.68. The first-order valence-corrected chi connectivity index (χ1v) is 9.46. The van der Waals surface area contributed by atoms with Crippen LogP contribution in [-0.2, 0) is 20.1 Å². The summed E-state index contributed by atoms with van der Waals surface area (Å²) >= 11 is 0. The molecule has 0 aliphatic rings. The van der Waals surface area contributed by atoms with Gasteiger partial charge in [0.25, 0.3) is 0 Å². The fourth-order valence-corrected chi connectivity index (χ4v) is 3.39. The van der Waals surface area contributed by atoms with Crippen LogP contribution in [0.5, 0.6) is 0 Å². The van der Waals surface area contributed by atoms with Gasteiger partial charge in [-0.1, -0.05) is 18.2 Å². The second-order valence-electron chi connectivity index (χ2n) is 6.95. The molecule has 0 fully saturated rings. The van der Waals surface area contributed by atoms with Crippen LogP contribution in [0.3, 0.4) is 0 Å². The van der Waals surface area contributed by atoms with Crippen molar-refractivity contribution in [3.8, 4) is 5.69 Å². The Morgan fingerprint density at radius 2 is 1.46 bits per heavy atom. The Kier molecular flexibility index (Phi) is 5.82. The first-order chi connectivity index (χ1) is 13.4. The second-order valence-corrected chi connectivity index (χ2v) is 6.95. The van der Waals surface area contributed by atoms with Crippen molar-refractivity contribution in [1.29, 1.82) is 0 Å². The molecular weight excluding hydrogens is 350 g/mol. The van der Waals surface area contributed by atoms with E-state index in [1.807, 2.05) is 48.5 Å². The van der Waals surface area contributed by atoms with Crippen LogP contribution in [0.1, 0.15) is 33.9 Å². The average molecular weight is 380 g/mol. The molecule has 0 unspecified atom stereocenters. The van der Waals surface area contributed by atoms with E-state index in [4.69, 9.17) is 5.10 Å². The zero-order chi connectivity index (χ0) is 20.3. The van der Waals surface area contributed by atoms with Gasteiger partial charge in [0.2, 0.25) is 0 Å². The Hall–Kier alpha value is -3.09. The van der Waals surface area contributed by atoms with E-state index in [0.29, 0.717) is 13.1 Å². The van der Waals surface area contributed by atoms with Crippen molar-refractivity contribution in [2.45, 2.75) is 40.8 Å². The van der Waals surface area contributed by atoms with Gasteiger partial charge < -0.3 is 10.6 Å². The molecular formula is C21H29N7. The molecule has 3 aromatic rings. The third-order valence-electron chi connectivity index (χ3n) is 5.19. The Morgan fingerprint density at radius 1 is 0.893 bits per heavy atom. The number of hydrogen-bond acceptors (Lipinski definition) is 3. The lowest BCUT2D eigenvalue weighted by atomic mass is 10.2. The highest BCUT2D eigenvalue weighted by atomic mass is 15.3. The molecule has 2 N–H and O–H groups in total. The van der Waals surface area contributed by atoms with Crippen LogP contribution in [0.15, 0.2) is 35.3 Å². The number of guanidine groups is 1. The van der Waals surface area contributed by atoms with Gasteiger partial charge in [0.15, 0.2) is 5.96 Å². The number of benzene rings is 1. The van der Waals surface area contributed by atoms with Crippen molar-refractivity contribution in [2.75, 3.05) is 7.05 Å². The highest BCUT2D eigenvalue weighted by molar-refractivity contribution is 5.79. The minimum Gasteiger partial charge on any atom is -0.352 e. The summed E-state index contributed by atoms with van der Waals surface area (Å²) in [5.41, 5.74) is 7.80. The fourth-order valence-electron chi connectivity index (χ4n) is 3.39. The molecule has 1 aromatic carbocycles. The number of nitrogens with zero attached hydrogens (tertiary/aromatic N) is 5. The number of nitrogens with one attached hydrogen (secondary N) is 2. The zero-order valence-electron chi connectivity index (χ0n) is 17.5. The second kappa shape index (κ2) is 8.29. The molecule has 0 aliphatic heterocycles. The molecule has 7 nitrogen and oxygen atoms in total. The van der Waals surface area contributed by atoms with Crippen molar-refractivity contribution < 1.29 is 0 Å². The molecule has 148 valence electrons. The Bertz CT molecular complexity index is 980. The number of aliphatic imine (C=N–C) groups is 1. The van der Waals surface area contributed by atoms with Crippen molar-refractivity contribution in [1.82, 2.24) is 30.2 Å². The van der Waals surface area contributed by atoms with Gasteiger partial charge in [-0.3, -0.25) is 9.67 Å². The van der Waals surface area contributed by atoms with Gasteiger partial charge >= 0.3 is 0 Å². The highest BCUT2D eigenvalue weighted by Crippen LogP contribution is 2.17. The van der Waals surface area contributed by atoms with E-state index in [1.54, 1.807) is 7.05 Å². The van der Waals surface area contributed by atoms with Crippen LogP contribution in [0.25, 0.3) is 5.69 Å². The lowest BCUT2D eigenvalue weighted by molar-refractivity contribution is 0.728. The largest absolute Gasteiger partial charge is 0.352 e. The molecule has 2 aromatic heterocycles. The molecule has 28 heavy (non-hydrogen) atoms. The molecule has 0 radical (unpaired) electrons. The molecule has 0 amide bonds. The molecule has 3 rings (SSSR count). The quantitative estimate of drug-likeness (QED) is 0.528. The normalized spacial score (nSPS) is 11.7. The van der Waals surface area contributed by atoms with Gasteiger partial charge in [-0.15, -0.1) is 0 Å². The first-order valence-electron chi connectivity index (χ1n) is 9.46. The predicted octanol–water partition coefficient (Wildman–Crippen LogP) is 2.70. The van der Waals surface area contributed by atoms with Crippen LogP contribution in [0, 0.1) is 27.7 Å². The number of para-hydroxylation sites is 1. The molecule has 7 heteroatoms. The minimum atomic E-state index is 0.662. The lowest BCUT2D eigenvalue weighted by Crippen LogP contribution is -2.36. The predicted molar refractivity (Wildman–Crippen MR) is 113 cm³/mol. The van der Waals surface area contributed by atoms with Crippen LogP contribution in [-0.4, -0.2) is 32.6 Å². The molecule has 0 spiro atoms. The average Bonchev–Trinajstić information content (AvgIpc) is 3.11. The third-order valence-corrected chi connectivity index (χ3v) is 5.19. The molecule has 2 heterocycles. The van der Waals surface area contributed by atoms with Crippen LogP contribution in [0.2, 0.25) is 0 Å². The summed E-state index contributed by atoms with van der Waals surface area (Å²) in [7, 11) is 3.75. The van der Waals surface area contributed by atoms with Gasteiger partial charge in [-0.25, -0.2) is 4.68 Å². The zero-order valence-corrected chi connectivity index (χ0v) is 17.5. The van der Waals surface area contributed by atoms with Crippen molar-refractivity contribution in [2.24, 2.45) is 12.0 Å². The minimum absolute atomic E-state index is 0.662. The van der Waals surface area contributed by atoms with Crippen LogP contribution >= 0.6 is 0 Å². The van der Waals surface area contributed by atoms with E-state index in [0.717, 1.165) is 34.4 Å². The summed E-state index contributed by atoms with van der Waals surface area (Å²) in [6.45, 7) is 9.61. The molecule has 0 atom stereocenters. The van der Waals surface area contributed by atoms with Crippen molar-refractivity contribution in [3.05, 3.63) is 64.2 Å². The van der Waals surface area contributed by atoms with E-state index >= 15 is 0 Å². The van der Waals surface area contributed by atoms with E-state index in [-0.39, 0.29) is 0 Å². The summed E-state index contributed by atoms with van der Waals surface area (Å²) in [5, 5.41) is 16.0. The number of aromatic nitrogens is 4. The molecule has 0 aliphatic carbocycles. The first kappa shape index (κ1) is 19.7. The molecule has 0 saturated heterocycles. The van der Waals surface area contributed by atoms with Crippen LogP contribution < -0.4 is 10.6 Å². The number of rotatable bonds is 5. The molecule has 0 saturated carbocycles. The SMILES string of the molecule is CN=C(NCc1c(C)nn(C)c1C)NCc1c(C)nn(-c2ccccc2)c1C. The summed E-state index contributed by atoms with van der Waals surface area (Å²) in [6, 6.07) is 10.2. The van der Waals surface area contributed by atoms with E-state index in [9.17, 15) is 0 Å². The van der Waals surface area contributed by atoms with Gasteiger partial charge in [0, 0.05) is 49.7 Å². The Morgan fingerprint density at radius 3 is 2.00 bits per heavy atom.